The summed E-state index contributed by atoms with van der Waals surface area (Å²) in [4.78, 5) is 16.7. The third kappa shape index (κ3) is 2.97. The van der Waals surface area contributed by atoms with E-state index in [9.17, 15) is 4.79 Å². The van der Waals surface area contributed by atoms with Crippen LogP contribution in [0.3, 0.4) is 0 Å². The Morgan fingerprint density at radius 3 is 2.57 bits per heavy atom. The molecular weight excluding hydrogens is 288 g/mol. The minimum atomic E-state index is -0.118. The van der Waals surface area contributed by atoms with Crippen LogP contribution in [0, 0.1) is 5.41 Å². The molecule has 2 heterocycles. The lowest BCUT2D eigenvalue weighted by Crippen LogP contribution is -2.50. The van der Waals surface area contributed by atoms with Gasteiger partial charge in [0.1, 0.15) is 6.10 Å². The molecule has 1 aromatic carbocycles. The van der Waals surface area contributed by atoms with Gasteiger partial charge in [-0.3, -0.25) is 0 Å². The first kappa shape index (κ1) is 15.0. The summed E-state index contributed by atoms with van der Waals surface area (Å²) in [7, 11) is 2.19. The van der Waals surface area contributed by atoms with Gasteiger partial charge in [0.15, 0.2) is 0 Å². The Hall–Kier alpha value is -1.55. The van der Waals surface area contributed by atoms with Gasteiger partial charge in [-0.25, -0.2) is 4.79 Å². The van der Waals surface area contributed by atoms with E-state index in [1.54, 1.807) is 0 Å². The van der Waals surface area contributed by atoms with E-state index in [0.717, 1.165) is 25.8 Å². The summed E-state index contributed by atoms with van der Waals surface area (Å²) in [6.45, 7) is 3.84. The molecule has 1 aromatic rings. The van der Waals surface area contributed by atoms with Crippen LogP contribution >= 0.6 is 0 Å². The SMILES string of the molecule is CN1CCC2(CC1)CC(OC(=O)N1CCc3ccccc3C1)C2. The molecule has 0 aromatic heterocycles. The predicted molar refractivity (Wildman–Crippen MR) is 89.2 cm³/mol. The van der Waals surface area contributed by atoms with Gasteiger partial charge in [-0.2, -0.15) is 0 Å². The van der Waals surface area contributed by atoms with Gasteiger partial charge >= 0.3 is 6.09 Å². The lowest BCUT2D eigenvalue weighted by Gasteiger charge is -2.51. The number of hydrogen-bond donors (Lipinski definition) is 0. The Morgan fingerprint density at radius 1 is 1.13 bits per heavy atom. The van der Waals surface area contributed by atoms with E-state index in [4.69, 9.17) is 4.74 Å². The minimum absolute atomic E-state index is 0.118. The van der Waals surface area contributed by atoms with Crippen LogP contribution in [-0.2, 0) is 17.7 Å². The van der Waals surface area contributed by atoms with Gasteiger partial charge < -0.3 is 14.5 Å². The number of ether oxygens (including phenoxy) is 1. The van der Waals surface area contributed by atoms with Crippen molar-refractivity contribution in [1.29, 1.82) is 0 Å². The Kier molecular flexibility index (Phi) is 3.80. The van der Waals surface area contributed by atoms with Crippen molar-refractivity contribution >= 4 is 6.09 Å². The second-order valence-electron chi connectivity index (χ2n) is 7.66. The summed E-state index contributed by atoms with van der Waals surface area (Å²) in [6.07, 6.45) is 5.61. The Labute approximate surface area is 138 Å². The molecule has 1 saturated carbocycles. The van der Waals surface area contributed by atoms with E-state index in [1.165, 1.54) is 37.1 Å². The van der Waals surface area contributed by atoms with E-state index in [0.29, 0.717) is 12.0 Å². The summed E-state index contributed by atoms with van der Waals surface area (Å²) in [5.74, 6) is 0. The Bertz CT molecular complexity index is 585. The van der Waals surface area contributed by atoms with Crippen LogP contribution in [0.15, 0.2) is 24.3 Å². The molecule has 3 aliphatic rings. The predicted octanol–water partition coefficient (Wildman–Crippen LogP) is 3.06. The number of hydrogen-bond acceptors (Lipinski definition) is 3. The highest BCUT2D eigenvalue weighted by Gasteiger charge is 2.47. The van der Waals surface area contributed by atoms with E-state index >= 15 is 0 Å². The number of carbonyl (C=O) groups excluding carboxylic acids is 1. The zero-order valence-electron chi connectivity index (χ0n) is 14.0. The average molecular weight is 314 g/mol. The molecule has 0 radical (unpaired) electrons. The number of carbonyl (C=O) groups is 1. The first-order chi connectivity index (χ1) is 11.1. The van der Waals surface area contributed by atoms with Crippen molar-refractivity contribution in [3.05, 3.63) is 35.4 Å². The molecule has 0 bridgehead atoms. The number of nitrogens with zero attached hydrogens (tertiary/aromatic N) is 2. The van der Waals surface area contributed by atoms with Gasteiger partial charge in [-0.1, -0.05) is 24.3 Å². The minimum Gasteiger partial charge on any atom is -0.446 e. The molecule has 0 atom stereocenters. The molecule has 23 heavy (non-hydrogen) atoms. The largest absolute Gasteiger partial charge is 0.446 e. The standard InChI is InChI=1S/C19H26N2O2/c1-20-10-7-19(8-11-20)12-17(13-19)23-18(22)21-9-6-15-4-2-3-5-16(15)14-21/h2-5,17H,6-14H2,1H3. The topological polar surface area (TPSA) is 32.8 Å². The van der Waals surface area contributed by atoms with Crippen molar-refractivity contribution in [1.82, 2.24) is 9.80 Å². The Morgan fingerprint density at radius 2 is 1.83 bits per heavy atom. The maximum absolute atomic E-state index is 12.4. The van der Waals surface area contributed by atoms with Crippen molar-refractivity contribution in [3.63, 3.8) is 0 Å². The number of rotatable bonds is 1. The molecule has 4 rings (SSSR count). The molecule has 124 valence electrons. The third-order valence-corrected chi connectivity index (χ3v) is 6.03. The van der Waals surface area contributed by atoms with Crippen LogP contribution in [0.1, 0.15) is 36.8 Å². The highest BCUT2D eigenvalue weighted by atomic mass is 16.6. The highest BCUT2D eigenvalue weighted by molar-refractivity contribution is 5.68. The summed E-state index contributed by atoms with van der Waals surface area (Å²) < 4.78 is 5.77. The van der Waals surface area contributed by atoms with Crippen LogP contribution in [0.25, 0.3) is 0 Å². The monoisotopic (exact) mass is 314 g/mol. The second-order valence-corrected chi connectivity index (χ2v) is 7.66. The zero-order valence-corrected chi connectivity index (χ0v) is 14.0. The van der Waals surface area contributed by atoms with Crippen LogP contribution in [-0.4, -0.2) is 48.7 Å². The molecule has 1 saturated heterocycles. The third-order valence-electron chi connectivity index (χ3n) is 6.03. The van der Waals surface area contributed by atoms with Crippen molar-refractivity contribution in [2.75, 3.05) is 26.7 Å². The molecule has 1 amide bonds. The number of piperidine rings is 1. The smallest absolute Gasteiger partial charge is 0.410 e. The number of fused-ring (bicyclic) bond motifs is 1. The first-order valence-corrected chi connectivity index (χ1v) is 8.84. The van der Waals surface area contributed by atoms with E-state index in [2.05, 4.69) is 30.1 Å². The summed E-state index contributed by atoms with van der Waals surface area (Å²) in [6, 6.07) is 8.39. The normalized spacial score (nSPS) is 24.1. The second kappa shape index (κ2) is 5.82. The molecule has 0 unspecified atom stereocenters. The fraction of sp³-hybridized carbons (Fsp3) is 0.632. The van der Waals surface area contributed by atoms with Crippen LogP contribution in [0.5, 0.6) is 0 Å². The van der Waals surface area contributed by atoms with Crippen molar-refractivity contribution < 1.29 is 9.53 Å². The van der Waals surface area contributed by atoms with Crippen LogP contribution in [0.2, 0.25) is 0 Å². The molecule has 4 heteroatoms. The number of likely N-dealkylation sites (tertiary alicyclic amines) is 1. The fourth-order valence-electron chi connectivity index (χ4n) is 4.36. The van der Waals surface area contributed by atoms with Crippen LogP contribution < -0.4 is 0 Å². The van der Waals surface area contributed by atoms with E-state index in [1.807, 2.05) is 11.0 Å². The number of benzene rings is 1. The van der Waals surface area contributed by atoms with Crippen LogP contribution in [0.4, 0.5) is 4.79 Å². The molecule has 1 aliphatic carbocycles. The van der Waals surface area contributed by atoms with E-state index in [-0.39, 0.29) is 12.2 Å². The highest BCUT2D eigenvalue weighted by Crippen LogP contribution is 2.50. The molecular formula is C19H26N2O2. The lowest BCUT2D eigenvalue weighted by molar-refractivity contribution is -0.0787. The van der Waals surface area contributed by atoms with Crippen molar-refractivity contribution in [3.8, 4) is 0 Å². The number of amides is 1. The quantitative estimate of drug-likeness (QED) is 0.799. The summed E-state index contributed by atoms with van der Waals surface area (Å²) in [5.41, 5.74) is 3.09. The maximum Gasteiger partial charge on any atom is 0.410 e. The van der Waals surface area contributed by atoms with Gasteiger partial charge in [0, 0.05) is 13.1 Å². The lowest BCUT2D eigenvalue weighted by atomic mass is 9.61. The van der Waals surface area contributed by atoms with Gasteiger partial charge in [-0.05, 0) is 68.8 Å². The molecule has 4 nitrogen and oxygen atoms in total. The van der Waals surface area contributed by atoms with Gasteiger partial charge in [-0.15, -0.1) is 0 Å². The molecule has 1 spiro atoms. The average Bonchev–Trinajstić information content (AvgIpc) is 2.55. The van der Waals surface area contributed by atoms with Gasteiger partial charge in [0.2, 0.25) is 0 Å². The molecule has 0 N–H and O–H groups in total. The Balaban J connectivity index is 1.29. The van der Waals surface area contributed by atoms with E-state index < -0.39 is 0 Å². The van der Waals surface area contributed by atoms with Crippen molar-refractivity contribution in [2.45, 2.75) is 44.8 Å². The van der Waals surface area contributed by atoms with Gasteiger partial charge in [0.05, 0.1) is 0 Å². The maximum atomic E-state index is 12.4. The molecule has 2 aliphatic heterocycles. The summed E-state index contributed by atoms with van der Waals surface area (Å²) >= 11 is 0. The van der Waals surface area contributed by atoms with Gasteiger partial charge in [0.25, 0.3) is 0 Å². The first-order valence-electron chi connectivity index (χ1n) is 8.84. The summed E-state index contributed by atoms with van der Waals surface area (Å²) in [5, 5.41) is 0. The fourth-order valence-corrected chi connectivity index (χ4v) is 4.36. The molecule has 2 fully saturated rings. The van der Waals surface area contributed by atoms with Crippen molar-refractivity contribution in [2.24, 2.45) is 5.41 Å². The zero-order chi connectivity index (χ0) is 15.9.